The number of allylic oxidation sites excluding steroid dienone is 1. The van der Waals surface area contributed by atoms with Gasteiger partial charge in [-0.05, 0) is 18.6 Å². The van der Waals surface area contributed by atoms with Crippen LogP contribution < -0.4 is 0 Å². The van der Waals surface area contributed by atoms with Gasteiger partial charge < -0.3 is 0 Å². The number of pyridine rings is 1. The van der Waals surface area contributed by atoms with E-state index in [0.29, 0.717) is 5.03 Å². The third-order valence-corrected chi connectivity index (χ3v) is 1.78. The molecule has 0 atom stereocenters. The monoisotopic (exact) mass is 179 g/mol. The van der Waals surface area contributed by atoms with Crippen LogP contribution in [0.5, 0.6) is 0 Å². The third-order valence-electron chi connectivity index (χ3n) is 1.57. The smallest absolute Gasteiger partial charge is 0.0428 e. The lowest BCUT2D eigenvalue weighted by atomic mass is 10.1. The molecule has 0 bridgehead atoms. The van der Waals surface area contributed by atoms with Crippen molar-refractivity contribution in [2.75, 3.05) is 0 Å². The molecule has 0 aliphatic heterocycles. The largest absolute Gasteiger partial charge is 0.264 e. The molecule has 0 amide bonds. The van der Waals surface area contributed by atoms with E-state index in [0.717, 1.165) is 16.7 Å². The number of rotatable bonds is 2. The Kier molecular flexibility index (Phi) is 2.66. The minimum atomic E-state index is 0.501. The molecule has 1 aromatic rings. The molecule has 1 rings (SSSR count). The molecule has 1 heterocycles. The van der Waals surface area contributed by atoms with Crippen LogP contribution in [0, 0.1) is 0 Å². The lowest BCUT2D eigenvalue weighted by molar-refractivity contribution is 1.30. The first-order chi connectivity index (χ1) is 5.63. The zero-order chi connectivity index (χ0) is 9.14. The second-order valence-corrected chi connectivity index (χ2v) is 3.06. The van der Waals surface area contributed by atoms with Gasteiger partial charge in [-0.3, -0.25) is 4.98 Å². The fourth-order valence-electron chi connectivity index (χ4n) is 0.983. The molecule has 0 aliphatic rings. The number of hydrogen-bond acceptors (Lipinski definition) is 1. The van der Waals surface area contributed by atoms with Gasteiger partial charge >= 0.3 is 0 Å². The van der Waals surface area contributed by atoms with E-state index in [2.05, 4.69) is 18.1 Å². The van der Waals surface area contributed by atoms with Gasteiger partial charge in [-0.2, -0.15) is 0 Å². The van der Waals surface area contributed by atoms with Crippen molar-refractivity contribution < 1.29 is 0 Å². The molecular weight excluding hydrogens is 170 g/mol. The predicted octanol–water partition coefficient (Wildman–Crippen LogP) is 3.32. The van der Waals surface area contributed by atoms with Crippen molar-refractivity contribution in [1.29, 1.82) is 0 Å². The zero-order valence-corrected chi connectivity index (χ0v) is 7.73. The Morgan fingerprint density at radius 2 is 2.08 bits per heavy atom. The van der Waals surface area contributed by atoms with Gasteiger partial charge in [0.2, 0.25) is 0 Å². The van der Waals surface area contributed by atoms with Crippen LogP contribution in [-0.2, 0) is 0 Å². The molecule has 1 nitrogen and oxygen atoms in total. The fourth-order valence-corrected chi connectivity index (χ4v) is 1.13. The van der Waals surface area contributed by atoms with E-state index in [9.17, 15) is 0 Å². The topological polar surface area (TPSA) is 12.9 Å². The second-order valence-electron chi connectivity index (χ2n) is 2.61. The highest BCUT2D eigenvalue weighted by molar-refractivity contribution is 6.48. The lowest BCUT2D eigenvalue weighted by Crippen LogP contribution is -1.87. The Labute approximate surface area is 77.4 Å². The van der Waals surface area contributed by atoms with Crippen LogP contribution in [0.3, 0.4) is 0 Å². The Morgan fingerprint density at radius 3 is 2.50 bits per heavy atom. The SMILES string of the molecule is C=C(C)c1ccncc1C(=C)Cl. The Bertz CT molecular complexity index is 295. The molecule has 0 unspecified atom stereocenters. The van der Waals surface area contributed by atoms with Crippen molar-refractivity contribution in [3.8, 4) is 0 Å². The van der Waals surface area contributed by atoms with Crippen molar-refractivity contribution in [2.24, 2.45) is 0 Å². The summed E-state index contributed by atoms with van der Waals surface area (Å²) >= 11 is 5.78. The average molecular weight is 180 g/mol. The van der Waals surface area contributed by atoms with E-state index in [4.69, 9.17) is 11.6 Å². The van der Waals surface area contributed by atoms with E-state index in [1.54, 1.807) is 12.4 Å². The molecule has 0 radical (unpaired) electrons. The average Bonchev–Trinajstić information content (AvgIpc) is 2.04. The summed E-state index contributed by atoms with van der Waals surface area (Å²) in [6.07, 6.45) is 3.41. The van der Waals surface area contributed by atoms with E-state index in [1.807, 2.05) is 13.0 Å². The van der Waals surface area contributed by atoms with Crippen LogP contribution in [0.4, 0.5) is 0 Å². The zero-order valence-electron chi connectivity index (χ0n) is 6.97. The minimum Gasteiger partial charge on any atom is -0.264 e. The predicted molar refractivity (Wildman–Crippen MR) is 53.8 cm³/mol. The van der Waals surface area contributed by atoms with Gasteiger partial charge in [-0.15, -0.1) is 0 Å². The number of halogens is 1. The standard InChI is InChI=1S/C10H10ClN/c1-7(2)9-4-5-12-6-10(9)8(3)11/h4-6H,1,3H2,2H3. The molecule has 0 N–H and O–H groups in total. The lowest BCUT2D eigenvalue weighted by Gasteiger charge is -2.05. The summed E-state index contributed by atoms with van der Waals surface area (Å²) in [6.45, 7) is 9.42. The van der Waals surface area contributed by atoms with Crippen LogP contribution >= 0.6 is 11.6 Å². The molecule has 0 fully saturated rings. The van der Waals surface area contributed by atoms with Crippen molar-refractivity contribution >= 4 is 22.2 Å². The molecule has 2 heteroatoms. The maximum Gasteiger partial charge on any atom is 0.0428 e. The summed E-state index contributed by atoms with van der Waals surface area (Å²) in [7, 11) is 0. The molecule has 1 aromatic heterocycles. The van der Waals surface area contributed by atoms with Crippen LogP contribution in [-0.4, -0.2) is 4.98 Å². The number of hydrogen-bond donors (Lipinski definition) is 0. The summed E-state index contributed by atoms with van der Waals surface area (Å²) in [5, 5.41) is 0.501. The Morgan fingerprint density at radius 1 is 1.42 bits per heavy atom. The maximum atomic E-state index is 5.78. The van der Waals surface area contributed by atoms with E-state index in [-0.39, 0.29) is 0 Å². The second kappa shape index (κ2) is 3.55. The molecule has 0 aromatic carbocycles. The van der Waals surface area contributed by atoms with E-state index < -0.39 is 0 Å². The summed E-state index contributed by atoms with van der Waals surface area (Å²) in [5.41, 5.74) is 2.82. The van der Waals surface area contributed by atoms with Crippen molar-refractivity contribution in [2.45, 2.75) is 6.92 Å². The van der Waals surface area contributed by atoms with Crippen LogP contribution in [0.2, 0.25) is 0 Å². The fraction of sp³-hybridized carbons (Fsp3) is 0.100. The minimum absolute atomic E-state index is 0.501. The quantitative estimate of drug-likeness (QED) is 0.679. The van der Waals surface area contributed by atoms with Gasteiger partial charge in [0.25, 0.3) is 0 Å². The third kappa shape index (κ3) is 1.74. The van der Waals surface area contributed by atoms with Gasteiger partial charge in [0, 0.05) is 23.0 Å². The van der Waals surface area contributed by atoms with Crippen molar-refractivity contribution in [3.63, 3.8) is 0 Å². The van der Waals surface area contributed by atoms with Gasteiger partial charge in [0.05, 0.1) is 0 Å². The molecule has 0 spiro atoms. The Hall–Kier alpha value is -1.08. The van der Waals surface area contributed by atoms with Crippen LogP contribution in [0.25, 0.3) is 10.6 Å². The maximum absolute atomic E-state index is 5.78. The van der Waals surface area contributed by atoms with E-state index in [1.165, 1.54) is 0 Å². The molecule has 62 valence electrons. The molecular formula is C10H10ClN. The van der Waals surface area contributed by atoms with Crippen LogP contribution in [0.1, 0.15) is 18.1 Å². The molecule has 12 heavy (non-hydrogen) atoms. The Balaban J connectivity index is 3.27. The van der Waals surface area contributed by atoms with Crippen molar-refractivity contribution in [3.05, 3.63) is 42.7 Å². The molecule has 0 saturated heterocycles. The van der Waals surface area contributed by atoms with E-state index >= 15 is 0 Å². The highest BCUT2D eigenvalue weighted by atomic mass is 35.5. The number of aromatic nitrogens is 1. The molecule has 0 saturated carbocycles. The highest BCUT2D eigenvalue weighted by Gasteiger charge is 2.03. The van der Waals surface area contributed by atoms with Crippen molar-refractivity contribution in [1.82, 2.24) is 4.98 Å². The summed E-state index contributed by atoms with van der Waals surface area (Å²) in [6, 6.07) is 1.88. The summed E-state index contributed by atoms with van der Waals surface area (Å²) in [4.78, 5) is 3.96. The van der Waals surface area contributed by atoms with Gasteiger partial charge in [-0.1, -0.05) is 30.3 Å². The number of nitrogens with zero attached hydrogens (tertiary/aromatic N) is 1. The van der Waals surface area contributed by atoms with Gasteiger partial charge in [0.15, 0.2) is 0 Å². The normalized spacial score (nSPS) is 9.50. The highest BCUT2D eigenvalue weighted by Crippen LogP contribution is 2.24. The first-order valence-corrected chi connectivity index (χ1v) is 3.95. The summed E-state index contributed by atoms with van der Waals surface area (Å²) < 4.78 is 0. The van der Waals surface area contributed by atoms with Crippen LogP contribution in [0.15, 0.2) is 31.6 Å². The first kappa shape index (κ1) is 9.01. The summed E-state index contributed by atoms with van der Waals surface area (Å²) in [5.74, 6) is 0. The van der Waals surface area contributed by atoms with Gasteiger partial charge in [-0.25, -0.2) is 0 Å². The molecule has 0 aliphatic carbocycles. The van der Waals surface area contributed by atoms with Gasteiger partial charge in [0.1, 0.15) is 0 Å². The first-order valence-electron chi connectivity index (χ1n) is 3.57.